The number of benzene rings is 2. The fourth-order valence-corrected chi connectivity index (χ4v) is 2.99. The van der Waals surface area contributed by atoms with Crippen molar-refractivity contribution in [3.8, 4) is 5.75 Å². The van der Waals surface area contributed by atoms with Crippen molar-refractivity contribution in [2.24, 2.45) is 5.92 Å². The van der Waals surface area contributed by atoms with Gasteiger partial charge in [-0.2, -0.15) is 0 Å². The van der Waals surface area contributed by atoms with E-state index in [1.165, 1.54) is 18.4 Å². The number of methoxy groups -OCH3 is 1. The predicted octanol–water partition coefficient (Wildman–Crippen LogP) is 4.59. The van der Waals surface area contributed by atoms with Gasteiger partial charge < -0.3 is 10.1 Å². The molecule has 1 aliphatic carbocycles. The molecule has 1 N–H and O–H groups in total. The van der Waals surface area contributed by atoms with Crippen LogP contribution >= 0.6 is 11.6 Å². The summed E-state index contributed by atoms with van der Waals surface area (Å²) in [5.41, 5.74) is 2.38. The molecule has 3 rings (SSSR count). The Morgan fingerprint density at radius 2 is 1.90 bits per heavy atom. The molecule has 0 saturated heterocycles. The molecular weight excluding hydrogens is 282 g/mol. The average molecular weight is 302 g/mol. The fraction of sp³-hybridized carbons (Fsp3) is 0.333. The molecule has 2 aromatic rings. The first kappa shape index (κ1) is 14.4. The van der Waals surface area contributed by atoms with E-state index in [0.717, 1.165) is 28.8 Å². The quantitative estimate of drug-likeness (QED) is 0.842. The van der Waals surface area contributed by atoms with Crippen molar-refractivity contribution < 1.29 is 4.74 Å². The van der Waals surface area contributed by atoms with Gasteiger partial charge in [-0.25, -0.2) is 0 Å². The van der Waals surface area contributed by atoms with E-state index in [9.17, 15) is 0 Å². The van der Waals surface area contributed by atoms with E-state index < -0.39 is 0 Å². The highest BCUT2D eigenvalue weighted by Gasteiger charge is 2.32. The van der Waals surface area contributed by atoms with E-state index in [0.29, 0.717) is 6.04 Å². The van der Waals surface area contributed by atoms with E-state index in [-0.39, 0.29) is 0 Å². The van der Waals surface area contributed by atoms with Crippen molar-refractivity contribution in [2.45, 2.75) is 25.4 Å². The van der Waals surface area contributed by atoms with E-state index >= 15 is 0 Å². The summed E-state index contributed by atoms with van der Waals surface area (Å²) in [6, 6.07) is 16.8. The second-order valence-corrected chi connectivity index (χ2v) is 5.93. The lowest BCUT2D eigenvalue weighted by molar-refractivity contribution is 0.402. The van der Waals surface area contributed by atoms with Gasteiger partial charge in [-0.3, -0.25) is 0 Å². The van der Waals surface area contributed by atoms with Gasteiger partial charge in [0.05, 0.1) is 7.11 Å². The van der Waals surface area contributed by atoms with Gasteiger partial charge in [-0.1, -0.05) is 48.0 Å². The van der Waals surface area contributed by atoms with Crippen LogP contribution in [0.4, 0.5) is 0 Å². The van der Waals surface area contributed by atoms with Crippen LogP contribution in [-0.2, 0) is 6.54 Å². The lowest BCUT2D eigenvalue weighted by Crippen LogP contribution is -2.23. The van der Waals surface area contributed by atoms with Crippen LogP contribution < -0.4 is 10.1 Å². The van der Waals surface area contributed by atoms with Crippen molar-refractivity contribution in [3.05, 3.63) is 64.7 Å². The highest BCUT2D eigenvalue weighted by molar-refractivity contribution is 6.31. The molecule has 0 aromatic heterocycles. The topological polar surface area (TPSA) is 21.3 Å². The lowest BCUT2D eigenvalue weighted by Gasteiger charge is -2.20. The first-order valence-corrected chi connectivity index (χ1v) is 7.77. The molecule has 0 amide bonds. The number of hydrogen-bond acceptors (Lipinski definition) is 2. The molecule has 0 heterocycles. The first-order chi connectivity index (χ1) is 10.3. The third kappa shape index (κ3) is 3.39. The summed E-state index contributed by atoms with van der Waals surface area (Å²) in [5, 5.41) is 4.42. The van der Waals surface area contributed by atoms with Gasteiger partial charge in [0.25, 0.3) is 0 Å². The van der Waals surface area contributed by atoms with Crippen LogP contribution in [-0.4, -0.2) is 7.11 Å². The monoisotopic (exact) mass is 301 g/mol. The van der Waals surface area contributed by atoms with E-state index in [1.54, 1.807) is 7.11 Å². The molecule has 1 unspecified atom stereocenters. The van der Waals surface area contributed by atoms with Crippen LogP contribution in [0.2, 0.25) is 5.02 Å². The van der Waals surface area contributed by atoms with Crippen molar-refractivity contribution in [3.63, 3.8) is 0 Å². The van der Waals surface area contributed by atoms with Crippen molar-refractivity contribution in [1.82, 2.24) is 5.32 Å². The van der Waals surface area contributed by atoms with Crippen LogP contribution in [0, 0.1) is 5.92 Å². The maximum absolute atomic E-state index is 6.31. The van der Waals surface area contributed by atoms with Gasteiger partial charge in [0.15, 0.2) is 0 Å². The number of halogens is 1. The summed E-state index contributed by atoms with van der Waals surface area (Å²) in [4.78, 5) is 0. The standard InChI is InChI=1S/C18H20ClNO/c1-21-17-9-5-8-16(19)15(17)12-20-18(14-10-11-14)13-6-3-2-4-7-13/h2-9,14,18,20H,10-12H2,1H3. The third-order valence-electron chi connectivity index (χ3n) is 4.05. The molecule has 1 saturated carbocycles. The minimum absolute atomic E-state index is 0.396. The summed E-state index contributed by atoms with van der Waals surface area (Å²) in [7, 11) is 1.69. The Labute approximate surface area is 131 Å². The predicted molar refractivity (Wildman–Crippen MR) is 86.8 cm³/mol. The lowest BCUT2D eigenvalue weighted by atomic mass is 10.0. The van der Waals surface area contributed by atoms with Gasteiger partial charge in [0.2, 0.25) is 0 Å². The number of nitrogens with one attached hydrogen (secondary N) is 1. The van der Waals surface area contributed by atoms with Crippen molar-refractivity contribution in [1.29, 1.82) is 0 Å². The maximum Gasteiger partial charge on any atom is 0.124 e. The Hall–Kier alpha value is -1.51. The highest BCUT2D eigenvalue weighted by Crippen LogP contribution is 2.41. The minimum Gasteiger partial charge on any atom is -0.496 e. The van der Waals surface area contributed by atoms with E-state index in [2.05, 4.69) is 35.6 Å². The van der Waals surface area contributed by atoms with Crippen LogP contribution in [0.5, 0.6) is 5.75 Å². The third-order valence-corrected chi connectivity index (χ3v) is 4.40. The second-order valence-electron chi connectivity index (χ2n) is 5.53. The van der Waals surface area contributed by atoms with Gasteiger partial charge in [0.1, 0.15) is 5.75 Å². The largest absolute Gasteiger partial charge is 0.496 e. The molecule has 1 aliphatic rings. The molecule has 0 aliphatic heterocycles. The van der Waals surface area contributed by atoms with Gasteiger partial charge in [-0.05, 0) is 36.5 Å². The molecule has 1 atom stereocenters. The van der Waals surface area contributed by atoms with Gasteiger partial charge in [-0.15, -0.1) is 0 Å². The summed E-state index contributed by atoms with van der Waals surface area (Å²) in [5.74, 6) is 1.58. The molecule has 3 heteroatoms. The van der Waals surface area contributed by atoms with E-state index in [4.69, 9.17) is 16.3 Å². The summed E-state index contributed by atoms with van der Waals surface area (Å²) in [6.45, 7) is 0.721. The molecule has 2 nitrogen and oxygen atoms in total. The second kappa shape index (κ2) is 6.50. The summed E-state index contributed by atoms with van der Waals surface area (Å²) < 4.78 is 5.42. The Morgan fingerprint density at radius 3 is 2.57 bits per heavy atom. The van der Waals surface area contributed by atoms with Crippen LogP contribution in [0.15, 0.2) is 48.5 Å². The Morgan fingerprint density at radius 1 is 1.14 bits per heavy atom. The van der Waals surface area contributed by atoms with Gasteiger partial charge in [0, 0.05) is 23.2 Å². The minimum atomic E-state index is 0.396. The zero-order valence-electron chi connectivity index (χ0n) is 12.2. The normalized spacial score (nSPS) is 15.7. The fourth-order valence-electron chi connectivity index (χ4n) is 2.76. The molecule has 110 valence electrons. The Bertz CT molecular complexity index is 595. The molecule has 0 radical (unpaired) electrons. The zero-order chi connectivity index (χ0) is 14.7. The molecule has 2 aromatic carbocycles. The van der Waals surface area contributed by atoms with Crippen molar-refractivity contribution in [2.75, 3.05) is 7.11 Å². The van der Waals surface area contributed by atoms with Gasteiger partial charge >= 0.3 is 0 Å². The number of hydrogen-bond donors (Lipinski definition) is 1. The smallest absolute Gasteiger partial charge is 0.124 e. The Kier molecular flexibility index (Phi) is 4.47. The summed E-state index contributed by atoms with van der Waals surface area (Å²) >= 11 is 6.31. The van der Waals surface area contributed by atoms with Crippen LogP contribution in [0.1, 0.15) is 30.0 Å². The average Bonchev–Trinajstić information content (AvgIpc) is 3.34. The maximum atomic E-state index is 6.31. The SMILES string of the molecule is COc1cccc(Cl)c1CNC(c1ccccc1)C1CC1. The first-order valence-electron chi connectivity index (χ1n) is 7.39. The van der Waals surface area contributed by atoms with Crippen molar-refractivity contribution >= 4 is 11.6 Å². The zero-order valence-corrected chi connectivity index (χ0v) is 12.9. The molecular formula is C18H20ClNO. The highest BCUT2D eigenvalue weighted by atomic mass is 35.5. The van der Waals surface area contributed by atoms with E-state index in [1.807, 2.05) is 18.2 Å². The number of rotatable bonds is 6. The molecule has 0 spiro atoms. The van der Waals surface area contributed by atoms with Crippen LogP contribution in [0.3, 0.4) is 0 Å². The Balaban J connectivity index is 1.76. The number of ether oxygens (including phenoxy) is 1. The van der Waals surface area contributed by atoms with Crippen LogP contribution in [0.25, 0.3) is 0 Å². The molecule has 0 bridgehead atoms. The molecule has 21 heavy (non-hydrogen) atoms. The molecule has 1 fully saturated rings. The summed E-state index contributed by atoms with van der Waals surface area (Å²) in [6.07, 6.45) is 2.60.